The number of pyridine rings is 1. The fraction of sp³-hybridized carbons (Fsp3) is 0.167. The number of carbonyl (C=O) groups is 1. The van der Waals surface area contributed by atoms with E-state index in [9.17, 15) is 14.4 Å². The molecule has 0 radical (unpaired) electrons. The molecule has 2 heterocycles. The highest BCUT2D eigenvalue weighted by Crippen LogP contribution is 1.93. The maximum atomic E-state index is 11.7. The zero-order valence-electron chi connectivity index (χ0n) is 10.2. The van der Waals surface area contributed by atoms with E-state index < -0.39 is 5.91 Å². The van der Waals surface area contributed by atoms with E-state index in [0.29, 0.717) is 5.56 Å². The Morgan fingerprint density at radius 1 is 1.37 bits per heavy atom. The van der Waals surface area contributed by atoms with Gasteiger partial charge in [-0.15, -0.1) is 0 Å². The number of aryl methyl sites for hydroxylation is 1. The molecule has 2 N–H and O–H groups in total. The van der Waals surface area contributed by atoms with Crippen molar-refractivity contribution >= 4 is 5.91 Å². The van der Waals surface area contributed by atoms with Crippen LogP contribution in [-0.4, -0.2) is 20.7 Å². The Labute approximate surface area is 107 Å². The second-order valence-electron chi connectivity index (χ2n) is 3.94. The minimum Gasteiger partial charge on any atom is -0.346 e. The van der Waals surface area contributed by atoms with Crippen LogP contribution in [0.1, 0.15) is 16.1 Å². The number of aromatic amines is 1. The van der Waals surface area contributed by atoms with Gasteiger partial charge in [-0.1, -0.05) is 6.07 Å². The van der Waals surface area contributed by atoms with E-state index in [4.69, 9.17) is 0 Å². The first-order valence-corrected chi connectivity index (χ1v) is 5.56. The first kappa shape index (κ1) is 12.7. The molecule has 0 aliphatic rings. The summed E-state index contributed by atoms with van der Waals surface area (Å²) in [5.74, 6) is -0.456. The number of rotatable bonds is 3. The summed E-state index contributed by atoms with van der Waals surface area (Å²) in [4.78, 5) is 34.2. The minimum absolute atomic E-state index is 0.0901. The number of hydrogen-bond donors (Lipinski definition) is 2. The van der Waals surface area contributed by atoms with Gasteiger partial charge in [0.2, 0.25) is 0 Å². The van der Waals surface area contributed by atoms with Crippen molar-refractivity contribution in [1.29, 1.82) is 0 Å². The average Bonchev–Trinajstić information content (AvgIpc) is 2.41. The summed E-state index contributed by atoms with van der Waals surface area (Å²) in [6, 6.07) is 5.89. The van der Waals surface area contributed by atoms with Crippen molar-refractivity contribution in [3.8, 4) is 0 Å². The molecular formula is C12H12N4O3. The summed E-state index contributed by atoms with van der Waals surface area (Å²) in [7, 11) is 1.64. The number of H-pyrrole nitrogens is 1. The van der Waals surface area contributed by atoms with Gasteiger partial charge in [-0.05, 0) is 12.1 Å². The molecule has 2 rings (SSSR count). The standard InChI is InChI=1S/C12H12N4O3/c1-16-6-2-3-8(12(16)19)7-13-11(18)9-4-5-10(17)15-14-9/h2-6H,7H2,1H3,(H,13,18)(H,15,17). The van der Waals surface area contributed by atoms with Crippen molar-refractivity contribution in [2.45, 2.75) is 6.54 Å². The number of nitrogens with one attached hydrogen (secondary N) is 2. The van der Waals surface area contributed by atoms with Crippen molar-refractivity contribution in [2.24, 2.45) is 7.05 Å². The monoisotopic (exact) mass is 260 g/mol. The molecule has 2 aromatic heterocycles. The number of carbonyl (C=O) groups excluding carboxylic acids is 1. The smallest absolute Gasteiger partial charge is 0.271 e. The largest absolute Gasteiger partial charge is 0.346 e. The highest BCUT2D eigenvalue weighted by molar-refractivity contribution is 5.91. The van der Waals surface area contributed by atoms with E-state index in [1.165, 1.54) is 16.7 Å². The topological polar surface area (TPSA) is 96.8 Å². The van der Waals surface area contributed by atoms with Crippen LogP contribution in [0.25, 0.3) is 0 Å². The van der Waals surface area contributed by atoms with Crippen molar-refractivity contribution in [3.05, 3.63) is 62.4 Å². The van der Waals surface area contributed by atoms with Gasteiger partial charge < -0.3 is 9.88 Å². The van der Waals surface area contributed by atoms with Crippen LogP contribution in [0.15, 0.2) is 40.1 Å². The Morgan fingerprint density at radius 3 is 2.84 bits per heavy atom. The normalized spacial score (nSPS) is 10.2. The number of amides is 1. The van der Waals surface area contributed by atoms with Crippen LogP contribution in [0.2, 0.25) is 0 Å². The van der Waals surface area contributed by atoms with Gasteiger partial charge in [0.25, 0.3) is 17.0 Å². The average molecular weight is 260 g/mol. The lowest BCUT2D eigenvalue weighted by molar-refractivity contribution is 0.0944. The third-order valence-corrected chi connectivity index (χ3v) is 2.55. The van der Waals surface area contributed by atoms with E-state index in [1.54, 1.807) is 25.4 Å². The molecule has 0 unspecified atom stereocenters. The van der Waals surface area contributed by atoms with Gasteiger partial charge in [0.1, 0.15) is 5.69 Å². The fourth-order valence-corrected chi connectivity index (χ4v) is 1.53. The summed E-state index contributed by atoms with van der Waals surface area (Å²) in [6.07, 6.45) is 1.64. The maximum absolute atomic E-state index is 11.7. The maximum Gasteiger partial charge on any atom is 0.271 e. The predicted octanol–water partition coefficient (Wildman–Crippen LogP) is -0.601. The molecule has 7 nitrogen and oxygen atoms in total. The van der Waals surface area contributed by atoms with Crippen LogP contribution in [0, 0.1) is 0 Å². The molecule has 0 bridgehead atoms. The Balaban J connectivity index is 2.08. The van der Waals surface area contributed by atoms with Gasteiger partial charge in [0, 0.05) is 31.4 Å². The highest BCUT2D eigenvalue weighted by atomic mass is 16.2. The Hall–Kier alpha value is -2.70. The zero-order valence-corrected chi connectivity index (χ0v) is 10.2. The van der Waals surface area contributed by atoms with Gasteiger partial charge >= 0.3 is 0 Å². The van der Waals surface area contributed by atoms with E-state index in [0.717, 1.165) is 0 Å². The van der Waals surface area contributed by atoms with E-state index in [1.807, 2.05) is 0 Å². The third-order valence-electron chi connectivity index (χ3n) is 2.55. The molecule has 0 saturated carbocycles. The quantitative estimate of drug-likeness (QED) is 0.770. The SMILES string of the molecule is Cn1cccc(CNC(=O)c2ccc(=O)[nH]n2)c1=O. The highest BCUT2D eigenvalue weighted by Gasteiger charge is 2.08. The molecule has 98 valence electrons. The van der Waals surface area contributed by atoms with E-state index in [-0.39, 0.29) is 23.4 Å². The first-order chi connectivity index (χ1) is 9.08. The van der Waals surface area contributed by atoms with Crippen LogP contribution in [0.5, 0.6) is 0 Å². The van der Waals surface area contributed by atoms with Gasteiger partial charge in [-0.3, -0.25) is 14.4 Å². The lowest BCUT2D eigenvalue weighted by Gasteiger charge is -2.05. The molecule has 0 aromatic carbocycles. The predicted molar refractivity (Wildman–Crippen MR) is 67.7 cm³/mol. The van der Waals surface area contributed by atoms with E-state index >= 15 is 0 Å². The first-order valence-electron chi connectivity index (χ1n) is 5.56. The molecule has 7 heteroatoms. The van der Waals surface area contributed by atoms with Crippen molar-refractivity contribution in [2.75, 3.05) is 0 Å². The Kier molecular flexibility index (Phi) is 3.56. The van der Waals surface area contributed by atoms with Gasteiger partial charge in [0.05, 0.1) is 0 Å². The van der Waals surface area contributed by atoms with Crippen LogP contribution in [-0.2, 0) is 13.6 Å². The van der Waals surface area contributed by atoms with Gasteiger partial charge in [-0.2, -0.15) is 5.10 Å². The molecule has 0 aliphatic carbocycles. The summed E-state index contributed by atoms with van der Waals surface area (Å²) in [5.41, 5.74) is 0.0147. The van der Waals surface area contributed by atoms with Crippen LogP contribution >= 0.6 is 0 Å². The molecule has 0 saturated heterocycles. The van der Waals surface area contributed by atoms with Gasteiger partial charge in [0.15, 0.2) is 0 Å². The molecule has 0 spiro atoms. The second kappa shape index (κ2) is 5.30. The Morgan fingerprint density at radius 2 is 2.16 bits per heavy atom. The summed E-state index contributed by atoms with van der Waals surface area (Å²) < 4.78 is 1.43. The van der Waals surface area contributed by atoms with Crippen molar-refractivity contribution in [1.82, 2.24) is 20.1 Å². The zero-order chi connectivity index (χ0) is 13.8. The fourth-order valence-electron chi connectivity index (χ4n) is 1.53. The molecule has 0 atom stereocenters. The summed E-state index contributed by atoms with van der Waals surface area (Å²) in [6.45, 7) is 0.104. The van der Waals surface area contributed by atoms with Crippen LogP contribution in [0.4, 0.5) is 0 Å². The van der Waals surface area contributed by atoms with Crippen LogP contribution in [0.3, 0.4) is 0 Å². The molecule has 19 heavy (non-hydrogen) atoms. The van der Waals surface area contributed by atoms with Crippen molar-refractivity contribution in [3.63, 3.8) is 0 Å². The molecular weight excluding hydrogens is 248 g/mol. The van der Waals surface area contributed by atoms with Crippen molar-refractivity contribution < 1.29 is 4.79 Å². The number of hydrogen-bond acceptors (Lipinski definition) is 4. The molecule has 0 aliphatic heterocycles. The molecule has 2 aromatic rings. The summed E-state index contributed by atoms with van der Waals surface area (Å²) in [5, 5.41) is 8.33. The minimum atomic E-state index is -0.456. The third kappa shape index (κ3) is 2.95. The van der Waals surface area contributed by atoms with Gasteiger partial charge in [-0.25, -0.2) is 5.10 Å². The molecule has 0 fully saturated rings. The lowest BCUT2D eigenvalue weighted by Crippen LogP contribution is -2.29. The van der Waals surface area contributed by atoms with Crippen LogP contribution < -0.4 is 16.4 Å². The van der Waals surface area contributed by atoms with E-state index in [2.05, 4.69) is 15.5 Å². The Bertz CT molecular complexity index is 697. The molecule has 1 amide bonds. The second-order valence-corrected chi connectivity index (χ2v) is 3.94. The summed E-state index contributed by atoms with van der Waals surface area (Å²) >= 11 is 0. The lowest BCUT2D eigenvalue weighted by atomic mass is 10.2. The number of nitrogens with zero attached hydrogens (tertiary/aromatic N) is 2. The number of aromatic nitrogens is 3.